The van der Waals surface area contributed by atoms with Gasteiger partial charge in [0.1, 0.15) is 5.15 Å². The standard InChI is InChI=1S/C23H20ClN7O/c1-13-10-16(11-18(24)28-13)20-19(15-6-4-3-5-7-15)31-22(25)21(30-20)23(32)29-14(2)17-12-26-8-9-27-17/h3-12,14H,1-2H3,(H2,25,31)(H,29,32). The van der Waals surface area contributed by atoms with Crippen molar-refractivity contribution in [3.63, 3.8) is 0 Å². The van der Waals surface area contributed by atoms with Crippen LogP contribution in [0.1, 0.15) is 34.8 Å². The molecule has 3 aromatic heterocycles. The molecule has 0 aliphatic heterocycles. The van der Waals surface area contributed by atoms with Crippen LogP contribution in [-0.4, -0.2) is 30.8 Å². The van der Waals surface area contributed by atoms with Gasteiger partial charge in [-0.15, -0.1) is 0 Å². The first-order chi connectivity index (χ1) is 15.4. The van der Waals surface area contributed by atoms with E-state index < -0.39 is 11.9 Å². The van der Waals surface area contributed by atoms with E-state index in [-0.39, 0.29) is 11.5 Å². The van der Waals surface area contributed by atoms with Gasteiger partial charge in [0.25, 0.3) is 5.91 Å². The normalized spacial score (nSPS) is 11.7. The molecule has 0 saturated carbocycles. The highest BCUT2D eigenvalue weighted by molar-refractivity contribution is 6.29. The number of nitrogens with one attached hydrogen (secondary N) is 1. The van der Waals surface area contributed by atoms with Crippen molar-refractivity contribution < 1.29 is 4.79 Å². The maximum atomic E-state index is 13.0. The molecule has 3 N–H and O–H groups in total. The van der Waals surface area contributed by atoms with Gasteiger partial charge in [0.05, 0.1) is 29.3 Å². The largest absolute Gasteiger partial charge is 0.382 e. The van der Waals surface area contributed by atoms with Crippen LogP contribution < -0.4 is 11.1 Å². The number of pyridine rings is 1. The minimum absolute atomic E-state index is 0.0148. The minimum atomic E-state index is -0.467. The molecule has 4 aromatic rings. The molecule has 0 radical (unpaired) electrons. The van der Waals surface area contributed by atoms with Crippen molar-refractivity contribution >= 4 is 23.3 Å². The second kappa shape index (κ2) is 9.07. The van der Waals surface area contributed by atoms with Gasteiger partial charge in [-0.1, -0.05) is 41.9 Å². The minimum Gasteiger partial charge on any atom is -0.382 e. The Labute approximate surface area is 190 Å². The second-order valence-corrected chi connectivity index (χ2v) is 7.55. The van der Waals surface area contributed by atoms with E-state index in [1.54, 1.807) is 31.6 Å². The van der Waals surface area contributed by atoms with Gasteiger partial charge in [0, 0.05) is 29.2 Å². The van der Waals surface area contributed by atoms with Crippen molar-refractivity contribution in [1.29, 1.82) is 0 Å². The fourth-order valence-electron chi connectivity index (χ4n) is 3.25. The number of anilines is 1. The van der Waals surface area contributed by atoms with Crippen LogP contribution in [0, 0.1) is 6.92 Å². The van der Waals surface area contributed by atoms with Crippen molar-refractivity contribution in [2.75, 3.05) is 5.73 Å². The molecule has 3 heterocycles. The van der Waals surface area contributed by atoms with E-state index in [0.29, 0.717) is 33.5 Å². The third-order valence-electron chi connectivity index (χ3n) is 4.76. The summed E-state index contributed by atoms with van der Waals surface area (Å²) in [6.45, 7) is 3.63. The van der Waals surface area contributed by atoms with E-state index >= 15 is 0 Å². The summed E-state index contributed by atoms with van der Waals surface area (Å²) in [5, 5.41) is 3.17. The Kier molecular flexibility index (Phi) is 6.04. The number of nitrogens with two attached hydrogens (primary N) is 1. The molecule has 0 saturated heterocycles. The molecule has 4 rings (SSSR count). The van der Waals surface area contributed by atoms with E-state index in [2.05, 4.69) is 30.2 Å². The number of halogens is 1. The molecule has 0 fully saturated rings. The molecule has 32 heavy (non-hydrogen) atoms. The zero-order valence-electron chi connectivity index (χ0n) is 17.5. The molecule has 160 valence electrons. The average molecular weight is 446 g/mol. The van der Waals surface area contributed by atoms with E-state index in [9.17, 15) is 4.79 Å². The Bertz CT molecular complexity index is 1250. The lowest BCUT2D eigenvalue weighted by atomic mass is 10.0. The van der Waals surface area contributed by atoms with Crippen molar-refractivity contribution in [3.05, 3.63) is 83.3 Å². The molecule has 0 aliphatic rings. The molecular weight excluding hydrogens is 426 g/mol. The quantitative estimate of drug-likeness (QED) is 0.445. The molecule has 1 unspecified atom stereocenters. The van der Waals surface area contributed by atoms with Crippen LogP contribution in [0.15, 0.2) is 61.1 Å². The molecule has 1 amide bonds. The summed E-state index contributed by atoms with van der Waals surface area (Å²) in [7, 11) is 0. The molecule has 0 spiro atoms. The SMILES string of the molecule is Cc1cc(-c2nc(C(=O)NC(C)c3cnccn3)c(N)nc2-c2ccccc2)cc(Cl)n1. The summed E-state index contributed by atoms with van der Waals surface area (Å²) in [4.78, 5) is 34.7. The van der Waals surface area contributed by atoms with Gasteiger partial charge in [-0.25, -0.2) is 15.0 Å². The number of amides is 1. The van der Waals surface area contributed by atoms with Gasteiger partial charge in [0.15, 0.2) is 11.5 Å². The number of carbonyl (C=O) groups excluding carboxylic acids is 1. The van der Waals surface area contributed by atoms with Crippen LogP contribution in [0.25, 0.3) is 22.5 Å². The highest BCUT2D eigenvalue weighted by atomic mass is 35.5. The number of rotatable bonds is 5. The second-order valence-electron chi connectivity index (χ2n) is 7.17. The van der Waals surface area contributed by atoms with Crippen molar-refractivity contribution in [1.82, 2.24) is 30.2 Å². The number of hydrogen-bond donors (Lipinski definition) is 2. The van der Waals surface area contributed by atoms with Crippen molar-refractivity contribution in [3.8, 4) is 22.5 Å². The summed E-state index contributed by atoms with van der Waals surface area (Å²) >= 11 is 6.19. The van der Waals surface area contributed by atoms with Crippen LogP contribution >= 0.6 is 11.6 Å². The molecule has 0 bridgehead atoms. The Morgan fingerprint density at radius 1 is 1.03 bits per heavy atom. The summed E-state index contributed by atoms with van der Waals surface area (Å²) in [6, 6.07) is 12.6. The first-order valence-corrected chi connectivity index (χ1v) is 10.2. The Morgan fingerprint density at radius 2 is 1.78 bits per heavy atom. The number of benzene rings is 1. The van der Waals surface area contributed by atoms with E-state index in [0.717, 1.165) is 5.56 Å². The third kappa shape index (κ3) is 4.55. The van der Waals surface area contributed by atoms with E-state index in [1.807, 2.05) is 43.3 Å². The number of nitrogen functional groups attached to an aromatic ring is 1. The van der Waals surface area contributed by atoms with Crippen LogP contribution in [0.3, 0.4) is 0 Å². The number of carbonyl (C=O) groups is 1. The summed E-state index contributed by atoms with van der Waals surface area (Å²) < 4.78 is 0. The zero-order chi connectivity index (χ0) is 22.7. The van der Waals surface area contributed by atoms with E-state index in [1.165, 1.54) is 0 Å². The Hall–Kier alpha value is -3.91. The number of hydrogen-bond acceptors (Lipinski definition) is 7. The predicted octanol–water partition coefficient (Wildman–Crippen LogP) is 4.03. The van der Waals surface area contributed by atoms with E-state index in [4.69, 9.17) is 17.3 Å². The van der Waals surface area contributed by atoms with Gasteiger partial charge in [-0.3, -0.25) is 14.8 Å². The molecule has 1 atom stereocenters. The Balaban J connectivity index is 1.80. The predicted molar refractivity (Wildman–Crippen MR) is 123 cm³/mol. The Morgan fingerprint density at radius 3 is 2.47 bits per heavy atom. The van der Waals surface area contributed by atoms with Crippen LogP contribution in [0.5, 0.6) is 0 Å². The molecule has 1 aromatic carbocycles. The van der Waals surface area contributed by atoms with Crippen LogP contribution in [0.4, 0.5) is 5.82 Å². The lowest BCUT2D eigenvalue weighted by molar-refractivity contribution is 0.0935. The topological polar surface area (TPSA) is 120 Å². The summed E-state index contributed by atoms with van der Waals surface area (Å²) in [5.41, 5.74) is 10.0. The van der Waals surface area contributed by atoms with Crippen LogP contribution in [0.2, 0.25) is 5.15 Å². The van der Waals surface area contributed by atoms with Crippen molar-refractivity contribution in [2.45, 2.75) is 19.9 Å². The summed E-state index contributed by atoms with van der Waals surface area (Å²) in [5.74, 6) is -0.445. The van der Waals surface area contributed by atoms with Crippen molar-refractivity contribution in [2.24, 2.45) is 0 Å². The van der Waals surface area contributed by atoms with Gasteiger partial charge < -0.3 is 11.1 Å². The lowest BCUT2D eigenvalue weighted by Crippen LogP contribution is -2.29. The molecule has 8 nitrogen and oxygen atoms in total. The number of nitrogens with zero attached hydrogens (tertiary/aromatic N) is 5. The smallest absolute Gasteiger partial charge is 0.274 e. The highest BCUT2D eigenvalue weighted by Crippen LogP contribution is 2.32. The maximum absolute atomic E-state index is 13.0. The molecule has 0 aliphatic carbocycles. The number of aryl methyl sites for hydroxylation is 1. The zero-order valence-corrected chi connectivity index (χ0v) is 18.2. The molecule has 9 heteroatoms. The maximum Gasteiger partial charge on any atom is 0.274 e. The van der Waals surface area contributed by atoms with Gasteiger partial charge >= 0.3 is 0 Å². The fourth-order valence-corrected chi connectivity index (χ4v) is 3.50. The summed E-state index contributed by atoms with van der Waals surface area (Å²) in [6.07, 6.45) is 4.72. The average Bonchev–Trinajstić information content (AvgIpc) is 2.79. The lowest BCUT2D eigenvalue weighted by Gasteiger charge is -2.16. The molecular formula is C23H20ClN7O. The fraction of sp³-hybridized carbons (Fsp3) is 0.130. The highest BCUT2D eigenvalue weighted by Gasteiger charge is 2.22. The first kappa shape index (κ1) is 21.3. The van der Waals surface area contributed by atoms with Crippen LogP contribution in [-0.2, 0) is 0 Å². The van der Waals surface area contributed by atoms with Gasteiger partial charge in [-0.2, -0.15) is 0 Å². The monoisotopic (exact) mass is 445 g/mol. The third-order valence-corrected chi connectivity index (χ3v) is 4.95. The van der Waals surface area contributed by atoms with Gasteiger partial charge in [0.2, 0.25) is 0 Å². The number of aromatic nitrogens is 5. The first-order valence-electron chi connectivity index (χ1n) is 9.86. The van der Waals surface area contributed by atoms with Gasteiger partial charge in [-0.05, 0) is 26.0 Å².